The number of para-hydroxylation sites is 2. The standard InChI is InChI=1S/C35H37N9O5/c45-31-22-43(35(49)29-20-32(46)44(42-29)24-9-2-1-3-10-24)18-7-6-15-38-33(47)28(19-23-21-39-26-12-5-4-11-25(23)26)41-34(48)27-13-8-14-30(40-27)36-16-17-37-31/h1-5,8-14,20-21,28,39,42H,6-7,15-19,22H2,(H,36,40)(H,37,45)(H,38,47)(H,41,48)/t28-/m0/s1. The fraction of sp³-hybridized carbons (Fsp3) is 0.257. The van der Waals surface area contributed by atoms with Gasteiger partial charge in [-0.25, -0.2) is 9.67 Å². The molecule has 0 saturated carbocycles. The summed E-state index contributed by atoms with van der Waals surface area (Å²) in [6, 6.07) is 21.9. The molecule has 0 fully saturated rings. The van der Waals surface area contributed by atoms with E-state index < -0.39 is 23.4 Å². The van der Waals surface area contributed by atoms with Gasteiger partial charge in [-0.3, -0.25) is 29.1 Å². The first-order valence-corrected chi connectivity index (χ1v) is 16.1. The van der Waals surface area contributed by atoms with Crippen LogP contribution >= 0.6 is 0 Å². The molecule has 252 valence electrons. The zero-order valence-corrected chi connectivity index (χ0v) is 26.7. The number of carbonyl (C=O) groups is 4. The summed E-state index contributed by atoms with van der Waals surface area (Å²) in [4.78, 5) is 75.1. The molecule has 0 unspecified atom stereocenters. The minimum Gasteiger partial charge on any atom is -0.368 e. The number of nitrogens with one attached hydrogen (secondary N) is 6. The van der Waals surface area contributed by atoms with E-state index in [1.807, 2.05) is 36.5 Å². The van der Waals surface area contributed by atoms with Crippen molar-refractivity contribution >= 4 is 40.3 Å². The van der Waals surface area contributed by atoms with E-state index in [-0.39, 0.29) is 55.8 Å². The van der Waals surface area contributed by atoms with Crippen molar-refractivity contribution in [3.63, 3.8) is 0 Å². The molecule has 0 saturated heterocycles. The number of amides is 4. The van der Waals surface area contributed by atoms with Gasteiger partial charge in [0.05, 0.1) is 12.2 Å². The molecule has 2 aromatic carbocycles. The fourth-order valence-corrected chi connectivity index (χ4v) is 5.70. The maximum Gasteiger partial charge on any atom is 0.272 e. The van der Waals surface area contributed by atoms with E-state index in [4.69, 9.17) is 0 Å². The second-order valence-electron chi connectivity index (χ2n) is 11.7. The number of H-pyrrole nitrogens is 2. The van der Waals surface area contributed by atoms with Crippen molar-refractivity contribution in [3.8, 4) is 5.69 Å². The summed E-state index contributed by atoms with van der Waals surface area (Å²) >= 11 is 0. The third-order valence-corrected chi connectivity index (χ3v) is 8.20. The Labute approximate surface area is 281 Å². The second kappa shape index (κ2) is 15.2. The molecule has 14 heteroatoms. The number of hydrogen-bond acceptors (Lipinski definition) is 7. The lowest BCUT2D eigenvalue weighted by molar-refractivity contribution is -0.123. The van der Waals surface area contributed by atoms with Crippen LogP contribution in [0.4, 0.5) is 5.82 Å². The van der Waals surface area contributed by atoms with Gasteiger partial charge in [-0.1, -0.05) is 42.5 Å². The van der Waals surface area contributed by atoms with Crippen molar-refractivity contribution in [1.29, 1.82) is 0 Å². The first kappa shape index (κ1) is 32.7. The topological polar surface area (TPSA) is 186 Å². The van der Waals surface area contributed by atoms with Crippen LogP contribution in [0, 0.1) is 0 Å². The molecule has 0 spiro atoms. The summed E-state index contributed by atoms with van der Waals surface area (Å²) in [6.07, 6.45) is 3.03. The van der Waals surface area contributed by atoms with E-state index in [0.29, 0.717) is 30.9 Å². The molecular weight excluding hydrogens is 626 g/mol. The van der Waals surface area contributed by atoms with Crippen LogP contribution in [0.25, 0.3) is 16.6 Å². The van der Waals surface area contributed by atoms with Gasteiger partial charge < -0.3 is 31.2 Å². The number of aromatic amines is 2. The molecule has 6 N–H and O–H groups in total. The summed E-state index contributed by atoms with van der Waals surface area (Å²) in [7, 11) is 0. The maximum atomic E-state index is 13.6. The zero-order valence-electron chi connectivity index (χ0n) is 26.7. The van der Waals surface area contributed by atoms with Crippen LogP contribution in [0.1, 0.15) is 39.4 Å². The number of anilines is 1. The molecule has 6 rings (SSSR count). The Morgan fingerprint density at radius 3 is 2.49 bits per heavy atom. The average Bonchev–Trinajstić information content (AvgIpc) is 3.72. The third kappa shape index (κ3) is 8.04. The Morgan fingerprint density at radius 1 is 0.837 bits per heavy atom. The number of hydrogen-bond donors (Lipinski definition) is 6. The van der Waals surface area contributed by atoms with E-state index in [1.165, 1.54) is 15.6 Å². The molecule has 2 bridgehead atoms. The fourth-order valence-electron chi connectivity index (χ4n) is 5.70. The number of fused-ring (bicyclic) bond motifs is 3. The van der Waals surface area contributed by atoms with E-state index in [2.05, 4.69) is 36.3 Å². The Hall–Kier alpha value is -6.18. The van der Waals surface area contributed by atoms with Gasteiger partial charge in [-0.05, 0) is 48.7 Å². The molecule has 3 aromatic heterocycles. The monoisotopic (exact) mass is 663 g/mol. The molecule has 14 nitrogen and oxygen atoms in total. The van der Waals surface area contributed by atoms with Crippen molar-refractivity contribution in [2.75, 3.05) is 38.0 Å². The molecule has 1 aliphatic heterocycles. The predicted octanol–water partition coefficient (Wildman–Crippen LogP) is 1.96. The maximum absolute atomic E-state index is 13.6. The van der Waals surface area contributed by atoms with Crippen LogP contribution in [0.3, 0.4) is 0 Å². The van der Waals surface area contributed by atoms with Crippen molar-refractivity contribution in [2.24, 2.45) is 0 Å². The smallest absolute Gasteiger partial charge is 0.272 e. The van der Waals surface area contributed by atoms with E-state index in [9.17, 15) is 24.0 Å². The van der Waals surface area contributed by atoms with Crippen LogP contribution in [0.5, 0.6) is 0 Å². The highest BCUT2D eigenvalue weighted by Gasteiger charge is 2.25. The van der Waals surface area contributed by atoms with Gasteiger partial charge in [0, 0.05) is 55.8 Å². The molecule has 4 heterocycles. The summed E-state index contributed by atoms with van der Waals surface area (Å²) < 4.78 is 1.27. The average molecular weight is 664 g/mol. The minimum atomic E-state index is -0.891. The normalized spacial score (nSPS) is 16.8. The lowest BCUT2D eigenvalue weighted by Gasteiger charge is -2.22. The lowest BCUT2D eigenvalue weighted by Crippen LogP contribution is -2.48. The summed E-state index contributed by atoms with van der Waals surface area (Å²) in [6.45, 7) is 0.765. The lowest BCUT2D eigenvalue weighted by atomic mass is 10.0. The Bertz CT molecular complexity index is 2020. The van der Waals surface area contributed by atoms with Gasteiger partial charge >= 0.3 is 0 Å². The second-order valence-corrected chi connectivity index (χ2v) is 11.7. The van der Waals surface area contributed by atoms with Gasteiger partial charge in [0.1, 0.15) is 23.2 Å². The number of rotatable bonds is 4. The van der Waals surface area contributed by atoms with Crippen LogP contribution in [0.15, 0.2) is 89.9 Å². The molecular formula is C35H37N9O5. The van der Waals surface area contributed by atoms with Crippen LogP contribution in [0.2, 0.25) is 0 Å². The van der Waals surface area contributed by atoms with E-state index in [1.54, 1.807) is 42.5 Å². The minimum absolute atomic E-state index is 0.0526. The summed E-state index contributed by atoms with van der Waals surface area (Å²) in [5, 5.41) is 15.5. The molecule has 0 aliphatic carbocycles. The largest absolute Gasteiger partial charge is 0.368 e. The molecule has 5 aromatic rings. The van der Waals surface area contributed by atoms with E-state index >= 15 is 0 Å². The molecule has 0 radical (unpaired) electrons. The Balaban J connectivity index is 1.19. The first-order valence-electron chi connectivity index (χ1n) is 16.1. The predicted molar refractivity (Wildman–Crippen MR) is 184 cm³/mol. The first-order chi connectivity index (χ1) is 23.9. The Morgan fingerprint density at radius 2 is 1.63 bits per heavy atom. The highest BCUT2D eigenvalue weighted by Crippen LogP contribution is 2.19. The van der Waals surface area contributed by atoms with Gasteiger partial charge in [0.2, 0.25) is 11.8 Å². The van der Waals surface area contributed by atoms with Gasteiger partial charge in [0.15, 0.2) is 0 Å². The van der Waals surface area contributed by atoms with Crippen molar-refractivity contribution in [1.82, 2.24) is 40.6 Å². The number of benzene rings is 2. The number of aromatic nitrogens is 4. The number of carbonyl (C=O) groups excluding carboxylic acids is 4. The molecule has 49 heavy (non-hydrogen) atoms. The van der Waals surface area contributed by atoms with E-state index in [0.717, 1.165) is 16.5 Å². The van der Waals surface area contributed by atoms with Crippen molar-refractivity contribution < 1.29 is 19.2 Å². The van der Waals surface area contributed by atoms with Crippen molar-refractivity contribution in [2.45, 2.75) is 25.3 Å². The Kier molecular flexibility index (Phi) is 10.1. The highest BCUT2D eigenvalue weighted by molar-refractivity contribution is 5.97. The number of nitrogens with zero attached hydrogens (tertiary/aromatic N) is 3. The quantitative estimate of drug-likeness (QED) is 0.170. The zero-order chi connectivity index (χ0) is 34.2. The molecule has 4 amide bonds. The SMILES string of the molecule is O=C1CN(C(=O)c2cc(=O)n(-c3ccccc3)[nH]2)CCCCNC(=O)[C@H](Cc2c[nH]c3ccccc23)NC(=O)c2cccc(n2)NCCN1. The van der Waals surface area contributed by atoms with Crippen LogP contribution < -0.4 is 26.8 Å². The number of pyridine rings is 1. The van der Waals surface area contributed by atoms with Gasteiger partial charge in [-0.2, -0.15) is 0 Å². The third-order valence-electron chi connectivity index (χ3n) is 8.20. The molecule has 1 aliphatic rings. The van der Waals surface area contributed by atoms with Gasteiger partial charge in [0.25, 0.3) is 17.4 Å². The van der Waals surface area contributed by atoms with Crippen molar-refractivity contribution in [3.05, 3.63) is 112 Å². The van der Waals surface area contributed by atoms with Crippen LogP contribution in [-0.2, 0) is 16.0 Å². The highest BCUT2D eigenvalue weighted by atomic mass is 16.2. The van der Waals surface area contributed by atoms with Gasteiger partial charge in [-0.15, -0.1) is 0 Å². The summed E-state index contributed by atoms with van der Waals surface area (Å²) in [5.41, 5.74) is 2.16. The summed E-state index contributed by atoms with van der Waals surface area (Å²) in [5.74, 6) is -1.33. The molecule has 1 atom stereocenters. The van der Waals surface area contributed by atoms with Crippen LogP contribution in [-0.4, -0.2) is 87.0 Å².